The third-order valence-corrected chi connectivity index (χ3v) is 5.38. The summed E-state index contributed by atoms with van der Waals surface area (Å²) in [6.07, 6.45) is 1.40. The van der Waals surface area contributed by atoms with E-state index in [9.17, 15) is 9.59 Å². The first-order chi connectivity index (χ1) is 13.9. The minimum Gasteiger partial charge on any atom is -0.491 e. The minimum atomic E-state index is -0.358. The van der Waals surface area contributed by atoms with Gasteiger partial charge in [-0.05, 0) is 68.1 Å². The van der Waals surface area contributed by atoms with Crippen molar-refractivity contribution < 1.29 is 14.3 Å². The second kappa shape index (κ2) is 9.12. The first-order valence-corrected chi connectivity index (χ1v) is 10.3. The molecule has 0 aromatic heterocycles. The van der Waals surface area contributed by atoms with E-state index < -0.39 is 0 Å². The van der Waals surface area contributed by atoms with Gasteiger partial charge in [0.05, 0.1) is 12.0 Å². The van der Waals surface area contributed by atoms with Crippen molar-refractivity contribution in [1.82, 2.24) is 0 Å². The standard InChI is InChI=1S/C24H30N2O3/c1-5-17(4)18-6-8-20(9-7-18)25-24(28)19-14-23(27)26(15-19)21-10-12-22(13-11-21)29-16(2)3/h6-13,16-17,19H,5,14-15H2,1-4H3,(H,25,28)/t17-,19-/m1/s1. The number of rotatable bonds is 7. The van der Waals surface area contributed by atoms with Gasteiger partial charge in [-0.1, -0.05) is 26.0 Å². The monoisotopic (exact) mass is 394 g/mol. The molecule has 2 aromatic carbocycles. The number of carbonyl (C=O) groups excluding carboxylic acids is 2. The van der Waals surface area contributed by atoms with E-state index in [-0.39, 0.29) is 30.3 Å². The maximum Gasteiger partial charge on any atom is 0.229 e. The van der Waals surface area contributed by atoms with Crippen molar-refractivity contribution in [3.8, 4) is 5.75 Å². The topological polar surface area (TPSA) is 58.6 Å². The summed E-state index contributed by atoms with van der Waals surface area (Å²) in [6.45, 7) is 8.68. The van der Waals surface area contributed by atoms with Gasteiger partial charge in [-0.3, -0.25) is 9.59 Å². The Morgan fingerprint density at radius 2 is 1.76 bits per heavy atom. The van der Waals surface area contributed by atoms with Gasteiger partial charge in [0.1, 0.15) is 5.75 Å². The van der Waals surface area contributed by atoms with Gasteiger partial charge in [0, 0.05) is 24.3 Å². The average Bonchev–Trinajstić information content (AvgIpc) is 3.10. The molecule has 1 fully saturated rings. The smallest absolute Gasteiger partial charge is 0.229 e. The van der Waals surface area contributed by atoms with Crippen LogP contribution in [0, 0.1) is 5.92 Å². The van der Waals surface area contributed by atoms with Crippen molar-refractivity contribution in [2.75, 3.05) is 16.8 Å². The van der Waals surface area contributed by atoms with Crippen molar-refractivity contribution in [2.45, 2.75) is 52.6 Å². The molecule has 0 spiro atoms. The van der Waals surface area contributed by atoms with Crippen LogP contribution >= 0.6 is 0 Å². The molecule has 1 heterocycles. The molecule has 2 aromatic rings. The molecule has 5 heteroatoms. The Labute approximate surface area is 173 Å². The number of nitrogens with zero attached hydrogens (tertiary/aromatic N) is 1. The second-order valence-corrected chi connectivity index (χ2v) is 7.99. The van der Waals surface area contributed by atoms with Crippen molar-refractivity contribution in [3.05, 3.63) is 54.1 Å². The van der Waals surface area contributed by atoms with Gasteiger partial charge in [-0.2, -0.15) is 0 Å². The van der Waals surface area contributed by atoms with E-state index in [1.807, 2.05) is 50.2 Å². The zero-order valence-electron chi connectivity index (χ0n) is 17.6. The first kappa shape index (κ1) is 20.9. The molecule has 1 saturated heterocycles. The van der Waals surface area contributed by atoms with Gasteiger partial charge in [0.2, 0.25) is 11.8 Å². The lowest BCUT2D eigenvalue weighted by Gasteiger charge is -2.18. The highest BCUT2D eigenvalue weighted by Gasteiger charge is 2.35. The predicted molar refractivity (Wildman–Crippen MR) is 116 cm³/mol. The SMILES string of the molecule is CC[C@@H](C)c1ccc(NC(=O)[C@@H]2CC(=O)N(c3ccc(OC(C)C)cc3)C2)cc1. The normalized spacial score (nSPS) is 17.5. The van der Waals surface area contributed by atoms with Crippen LogP contribution < -0.4 is 15.0 Å². The molecule has 1 aliphatic rings. The summed E-state index contributed by atoms with van der Waals surface area (Å²) in [7, 11) is 0. The number of hydrogen-bond acceptors (Lipinski definition) is 3. The molecule has 5 nitrogen and oxygen atoms in total. The molecule has 0 bridgehead atoms. The first-order valence-electron chi connectivity index (χ1n) is 10.3. The van der Waals surface area contributed by atoms with Crippen LogP contribution in [0.25, 0.3) is 0 Å². The predicted octanol–water partition coefficient (Wildman–Crippen LogP) is 4.98. The fraction of sp³-hybridized carbons (Fsp3) is 0.417. The van der Waals surface area contributed by atoms with Crippen molar-refractivity contribution in [1.29, 1.82) is 0 Å². The summed E-state index contributed by atoms with van der Waals surface area (Å²) in [5, 5.41) is 2.95. The highest BCUT2D eigenvalue weighted by atomic mass is 16.5. The number of carbonyl (C=O) groups is 2. The Morgan fingerprint density at radius 3 is 2.34 bits per heavy atom. The molecule has 0 aliphatic carbocycles. The third kappa shape index (κ3) is 5.17. The molecule has 1 aliphatic heterocycles. The van der Waals surface area contributed by atoms with E-state index in [4.69, 9.17) is 4.74 Å². The Bertz CT molecular complexity index is 843. The van der Waals surface area contributed by atoms with Crippen LogP contribution in [-0.2, 0) is 9.59 Å². The lowest BCUT2D eigenvalue weighted by atomic mass is 9.98. The molecular weight excluding hydrogens is 364 g/mol. The molecule has 2 amide bonds. The van der Waals surface area contributed by atoms with Gasteiger partial charge in [0.15, 0.2) is 0 Å². The third-order valence-electron chi connectivity index (χ3n) is 5.38. The van der Waals surface area contributed by atoms with E-state index in [1.165, 1.54) is 5.56 Å². The lowest BCUT2D eigenvalue weighted by molar-refractivity contribution is -0.122. The van der Waals surface area contributed by atoms with Crippen LogP contribution in [0.2, 0.25) is 0 Å². The zero-order chi connectivity index (χ0) is 21.0. The molecule has 0 saturated carbocycles. The number of benzene rings is 2. The van der Waals surface area contributed by atoms with E-state index in [0.29, 0.717) is 12.5 Å². The van der Waals surface area contributed by atoms with Crippen LogP contribution in [0.3, 0.4) is 0 Å². The number of amides is 2. The summed E-state index contributed by atoms with van der Waals surface area (Å²) in [6, 6.07) is 15.4. The Hall–Kier alpha value is -2.82. The fourth-order valence-electron chi connectivity index (χ4n) is 3.48. The summed E-state index contributed by atoms with van der Waals surface area (Å²) >= 11 is 0. The molecule has 29 heavy (non-hydrogen) atoms. The zero-order valence-corrected chi connectivity index (χ0v) is 17.6. The maximum atomic E-state index is 12.7. The molecule has 0 unspecified atom stereocenters. The minimum absolute atomic E-state index is 0.0326. The second-order valence-electron chi connectivity index (χ2n) is 7.99. The van der Waals surface area contributed by atoms with Crippen LogP contribution in [0.15, 0.2) is 48.5 Å². The summed E-state index contributed by atoms with van der Waals surface area (Å²) in [5.74, 6) is 0.763. The largest absolute Gasteiger partial charge is 0.491 e. The summed E-state index contributed by atoms with van der Waals surface area (Å²) in [4.78, 5) is 26.8. The highest BCUT2D eigenvalue weighted by molar-refractivity contribution is 6.03. The van der Waals surface area contributed by atoms with E-state index >= 15 is 0 Å². The van der Waals surface area contributed by atoms with Crippen molar-refractivity contribution >= 4 is 23.2 Å². The fourth-order valence-corrected chi connectivity index (χ4v) is 3.48. The summed E-state index contributed by atoms with van der Waals surface area (Å²) < 4.78 is 5.65. The molecular formula is C24H30N2O3. The highest BCUT2D eigenvalue weighted by Crippen LogP contribution is 2.28. The van der Waals surface area contributed by atoms with Crippen LogP contribution in [0.4, 0.5) is 11.4 Å². The van der Waals surface area contributed by atoms with E-state index in [0.717, 1.165) is 23.5 Å². The Kier molecular flexibility index (Phi) is 6.57. The van der Waals surface area contributed by atoms with Gasteiger partial charge < -0.3 is 15.0 Å². The van der Waals surface area contributed by atoms with Gasteiger partial charge in [-0.25, -0.2) is 0 Å². The molecule has 154 valence electrons. The number of hydrogen-bond donors (Lipinski definition) is 1. The quantitative estimate of drug-likeness (QED) is 0.721. The van der Waals surface area contributed by atoms with Crippen molar-refractivity contribution in [2.24, 2.45) is 5.92 Å². The molecule has 3 rings (SSSR count). The number of ether oxygens (including phenoxy) is 1. The van der Waals surface area contributed by atoms with Crippen LogP contribution in [0.1, 0.15) is 52.0 Å². The Balaban J connectivity index is 1.61. The lowest BCUT2D eigenvalue weighted by Crippen LogP contribution is -2.28. The molecule has 0 radical (unpaired) electrons. The number of nitrogens with one attached hydrogen (secondary N) is 1. The van der Waals surface area contributed by atoms with Crippen LogP contribution in [0.5, 0.6) is 5.75 Å². The maximum absolute atomic E-state index is 12.7. The Morgan fingerprint density at radius 1 is 1.10 bits per heavy atom. The molecule has 1 N–H and O–H groups in total. The van der Waals surface area contributed by atoms with E-state index in [1.54, 1.807) is 4.90 Å². The van der Waals surface area contributed by atoms with Gasteiger partial charge in [-0.15, -0.1) is 0 Å². The van der Waals surface area contributed by atoms with Gasteiger partial charge in [0.25, 0.3) is 0 Å². The average molecular weight is 395 g/mol. The van der Waals surface area contributed by atoms with Crippen LogP contribution in [-0.4, -0.2) is 24.5 Å². The van der Waals surface area contributed by atoms with Crippen molar-refractivity contribution in [3.63, 3.8) is 0 Å². The van der Waals surface area contributed by atoms with E-state index in [2.05, 4.69) is 31.3 Å². The van der Waals surface area contributed by atoms with Gasteiger partial charge >= 0.3 is 0 Å². The summed E-state index contributed by atoms with van der Waals surface area (Å²) in [5.41, 5.74) is 2.82. The number of anilines is 2. The molecule has 2 atom stereocenters.